The fraction of sp³-hybridized carbons (Fsp3) is 0.375. The van der Waals surface area contributed by atoms with Gasteiger partial charge in [-0.3, -0.25) is 4.98 Å². The first kappa shape index (κ1) is 12.6. The second-order valence-corrected chi connectivity index (χ2v) is 2.68. The minimum atomic E-state index is -5.53. The van der Waals surface area contributed by atoms with Crippen LogP contribution in [0.2, 0.25) is 0 Å². The molecule has 8 heteroatoms. The first-order valence-electron chi connectivity index (χ1n) is 3.83. The van der Waals surface area contributed by atoms with Gasteiger partial charge in [0.2, 0.25) is 0 Å². The van der Waals surface area contributed by atoms with Crippen molar-refractivity contribution in [3.63, 3.8) is 0 Å². The third-order valence-corrected chi connectivity index (χ3v) is 1.43. The molecule has 0 fully saturated rings. The van der Waals surface area contributed by atoms with Crippen LogP contribution in [0, 0.1) is 6.07 Å². The molecule has 2 nitrogen and oxygen atoms in total. The Kier molecular flexibility index (Phi) is 3.30. The molecule has 0 aliphatic carbocycles. The Labute approximate surface area is 85.9 Å². The number of hydrogen-bond donors (Lipinski definition) is 0. The van der Waals surface area contributed by atoms with E-state index < -0.39 is 24.2 Å². The molecule has 0 atom stereocenters. The van der Waals surface area contributed by atoms with E-state index in [1.165, 1.54) is 0 Å². The van der Waals surface area contributed by atoms with Gasteiger partial charge in [-0.2, -0.15) is 26.3 Å². The highest BCUT2D eigenvalue weighted by molar-refractivity contribution is 5.16. The molecule has 0 saturated heterocycles. The topological polar surface area (TPSA) is 22.1 Å². The van der Waals surface area contributed by atoms with Crippen molar-refractivity contribution in [3.8, 4) is 5.75 Å². The smallest absolute Gasteiger partial charge is 0.434 e. The van der Waals surface area contributed by atoms with E-state index >= 15 is 0 Å². The van der Waals surface area contributed by atoms with Gasteiger partial charge in [0, 0.05) is 18.5 Å². The van der Waals surface area contributed by atoms with Gasteiger partial charge in [0.1, 0.15) is 5.75 Å². The van der Waals surface area contributed by atoms with Gasteiger partial charge in [0.15, 0.2) is 0 Å². The summed E-state index contributed by atoms with van der Waals surface area (Å²) in [4.78, 5) is 3.38. The summed E-state index contributed by atoms with van der Waals surface area (Å²) in [7, 11) is 0. The van der Waals surface area contributed by atoms with Crippen LogP contribution in [0.25, 0.3) is 0 Å². The van der Waals surface area contributed by atoms with E-state index in [9.17, 15) is 26.3 Å². The molecule has 0 aliphatic heterocycles. The van der Waals surface area contributed by atoms with Crippen LogP contribution in [0.1, 0.15) is 0 Å². The second-order valence-electron chi connectivity index (χ2n) is 2.68. The molecule has 1 aromatic heterocycles. The molecule has 1 aromatic rings. The van der Waals surface area contributed by atoms with Gasteiger partial charge in [-0.05, 0) is 6.07 Å². The monoisotopic (exact) mass is 244 g/mol. The summed E-state index contributed by atoms with van der Waals surface area (Å²) in [5.41, 5.74) is 0. The highest BCUT2D eigenvalue weighted by atomic mass is 19.4. The van der Waals surface area contributed by atoms with Crippen LogP contribution in [-0.4, -0.2) is 23.4 Å². The average molecular weight is 244 g/mol. The van der Waals surface area contributed by atoms with Crippen molar-refractivity contribution in [1.82, 2.24) is 4.98 Å². The normalized spacial score (nSPS) is 12.9. The van der Waals surface area contributed by atoms with Crippen LogP contribution >= 0.6 is 0 Å². The maximum Gasteiger partial charge on any atom is 0.434 e. The minimum Gasteiger partial charge on any atom is -0.471 e. The second kappa shape index (κ2) is 4.18. The highest BCUT2D eigenvalue weighted by Gasteiger charge is 2.59. The number of hydrogen-bond acceptors (Lipinski definition) is 2. The summed E-state index contributed by atoms with van der Waals surface area (Å²) in [5, 5.41) is 0. The lowest BCUT2D eigenvalue weighted by Gasteiger charge is -2.23. The van der Waals surface area contributed by atoms with Gasteiger partial charge in [0.05, 0.1) is 0 Å². The fourth-order valence-corrected chi connectivity index (χ4v) is 0.822. The number of aromatic nitrogens is 1. The number of pyridine rings is 1. The van der Waals surface area contributed by atoms with Gasteiger partial charge in [-0.25, -0.2) is 0 Å². The van der Waals surface area contributed by atoms with Crippen molar-refractivity contribution in [2.45, 2.75) is 18.5 Å². The van der Waals surface area contributed by atoms with Gasteiger partial charge in [-0.15, -0.1) is 0 Å². The predicted octanol–water partition coefficient (Wildman–Crippen LogP) is 2.75. The van der Waals surface area contributed by atoms with Crippen molar-refractivity contribution in [2.75, 3.05) is 0 Å². The summed E-state index contributed by atoms with van der Waals surface area (Å²) >= 11 is 0. The summed E-state index contributed by atoms with van der Waals surface area (Å²) in [6.07, 6.45) is -13.0. The van der Waals surface area contributed by atoms with Crippen LogP contribution in [0.4, 0.5) is 26.3 Å². The zero-order valence-corrected chi connectivity index (χ0v) is 7.43. The Balaban J connectivity index is 2.89. The molecule has 0 unspecified atom stereocenters. The zero-order chi connectivity index (χ0) is 12.4. The highest BCUT2D eigenvalue weighted by Crippen LogP contribution is 2.36. The molecule has 0 amide bonds. The first-order chi connectivity index (χ1) is 7.21. The quantitative estimate of drug-likeness (QED) is 0.746. The predicted molar refractivity (Wildman–Crippen MR) is 39.6 cm³/mol. The molecule has 1 heterocycles. The zero-order valence-electron chi connectivity index (χ0n) is 7.43. The molecular formula is C8H4F6NO. The Morgan fingerprint density at radius 2 is 1.69 bits per heavy atom. The van der Waals surface area contributed by atoms with Crippen molar-refractivity contribution < 1.29 is 31.1 Å². The Morgan fingerprint density at radius 3 is 2.06 bits per heavy atom. The van der Waals surface area contributed by atoms with Crippen molar-refractivity contribution in [2.24, 2.45) is 0 Å². The fourth-order valence-electron chi connectivity index (χ4n) is 0.822. The van der Waals surface area contributed by atoms with Crippen molar-refractivity contribution in [3.05, 3.63) is 24.5 Å². The Morgan fingerprint density at radius 1 is 1.12 bits per heavy atom. The molecule has 0 aliphatic rings. The molecule has 0 N–H and O–H groups in total. The molecule has 0 spiro atoms. The summed E-state index contributed by atoms with van der Waals surface area (Å²) < 4.78 is 76.0. The van der Waals surface area contributed by atoms with Gasteiger partial charge in [-0.1, -0.05) is 0 Å². The summed E-state index contributed by atoms with van der Waals surface area (Å²) in [6, 6.07) is 2.86. The van der Waals surface area contributed by atoms with Crippen LogP contribution < -0.4 is 4.74 Å². The van der Waals surface area contributed by atoms with E-state index in [1.54, 1.807) is 0 Å². The summed E-state index contributed by atoms with van der Waals surface area (Å²) in [6.45, 7) is 0. The van der Waals surface area contributed by atoms with Gasteiger partial charge < -0.3 is 4.74 Å². The van der Waals surface area contributed by atoms with E-state index in [-0.39, 0.29) is 0 Å². The largest absolute Gasteiger partial charge is 0.471 e. The number of alkyl halides is 6. The molecular weight excluding hydrogens is 240 g/mol. The van der Waals surface area contributed by atoms with E-state index in [2.05, 4.69) is 9.72 Å². The lowest BCUT2D eigenvalue weighted by Crippen LogP contribution is -2.46. The minimum absolute atomic E-state index is 0.672. The first-order valence-corrected chi connectivity index (χ1v) is 3.83. The van der Waals surface area contributed by atoms with E-state index in [4.69, 9.17) is 0 Å². The standard InChI is InChI=1S/C8H4F6NO/c9-7(10,11)6(8(12,13)14)16-5-1-3-15-4-2-5/h1,3-4,6H. The maximum absolute atomic E-state index is 12.0. The Hall–Kier alpha value is -1.47. The lowest BCUT2D eigenvalue weighted by atomic mass is 10.3. The molecule has 1 rings (SSSR count). The Bertz CT molecular complexity index is 319. The average Bonchev–Trinajstić information content (AvgIpc) is 2.12. The van der Waals surface area contributed by atoms with Crippen LogP contribution in [-0.2, 0) is 0 Å². The third kappa shape index (κ3) is 3.28. The van der Waals surface area contributed by atoms with Gasteiger partial charge in [0.25, 0.3) is 6.10 Å². The number of halogens is 6. The SMILES string of the molecule is FC(F)(F)C(Oc1[c]cncc1)C(F)(F)F. The molecule has 0 saturated carbocycles. The molecule has 0 bridgehead atoms. The van der Waals surface area contributed by atoms with Crippen molar-refractivity contribution >= 4 is 0 Å². The molecule has 16 heavy (non-hydrogen) atoms. The molecule has 1 radical (unpaired) electrons. The maximum atomic E-state index is 12.0. The van der Waals surface area contributed by atoms with Gasteiger partial charge >= 0.3 is 12.4 Å². The lowest BCUT2D eigenvalue weighted by molar-refractivity contribution is -0.299. The number of rotatable bonds is 2. The molecule has 0 aromatic carbocycles. The van der Waals surface area contributed by atoms with Crippen molar-refractivity contribution in [1.29, 1.82) is 0 Å². The van der Waals surface area contributed by atoms with E-state index in [1.807, 2.05) is 6.07 Å². The van der Waals surface area contributed by atoms with Crippen LogP contribution in [0.5, 0.6) is 5.75 Å². The molecule has 89 valence electrons. The summed E-state index contributed by atoms with van der Waals surface area (Å²) in [5.74, 6) is -0.672. The third-order valence-electron chi connectivity index (χ3n) is 1.43. The number of ether oxygens (including phenoxy) is 1. The van der Waals surface area contributed by atoms with Crippen LogP contribution in [0.3, 0.4) is 0 Å². The van der Waals surface area contributed by atoms with E-state index in [0.29, 0.717) is 0 Å². The number of nitrogens with zero attached hydrogens (tertiary/aromatic N) is 1. The van der Waals surface area contributed by atoms with E-state index in [0.717, 1.165) is 18.5 Å². The van der Waals surface area contributed by atoms with Crippen LogP contribution in [0.15, 0.2) is 18.5 Å².